The maximum absolute atomic E-state index is 3.74. The normalized spacial score (nSPS) is 15.4. The summed E-state index contributed by atoms with van der Waals surface area (Å²) < 4.78 is 0. The highest BCUT2D eigenvalue weighted by Gasteiger charge is 2.29. The minimum absolute atomic E-state index is 0.210. The third-order valence-electron chi connectivity index (χ3n) is 3.93. The van der Waals surface area contributed by atoms with E-state index in [-0.39, 0.29) is 5.54 Å². The highest BCUT2D eigenvalue weighted by atomic mass is 32.1. The molecule has 1 aromatic rings. The van der Waals surface area contributed by atoms with Crippen LogP contribution in [0.5, 0.6) is 0 Å². The summed E-state index contributed by atoms with van der Waals surface area (Å²) in [6.07, 6.45) is 6.45. The van der Waals surface area contributed by atoms with Crippen molar-refractivity contribution in [3.63, 3.8) is 0 Å². The highest BCUT2D eigenvalue weighted by Crippen LogP contribution is 2.34. The van der Waals surface area contributed by atoms with E-state index in [1.807, 2.05) is 11.3 Å². The van der Waals surface area contributed by atoms with Crippen LogP contribution in [0.3, 0.4) is 0 Å². The second-order valence-electron chi connectivity index (χ2n) is 6.82. The molecule has 0 aromatic carbocycles. The van der Waals surface area contributed by atoms with E-state index < -0.39 is 0 Å². The Hall–Kier alpha value is -0.340. The summed E-state index contributed by atoms with van der Waals surface area (Å²) in [7, 11) is 0. The van der Waals surface area contributed by atoms with Crippen LogP contribution < -0.4 is 5.32 Å². The SMILES string of the molecule is CCCCC(CC)(CNC(C)(C)C)Cc1cccs1. The largest absolute Gasteiger partial charge is 0.312 e. The molecule has 0 saturated carbocycles. The van der Waals surface area contributed by atoms with Crippen molar-refractivity contribution in [1.82, 2.24) is 5.32 Å². The summed E-state index contributed by atoms with van der Waals surface area (Å²) in [6, 6.07) is 4.47. The summed E-state index contributed by atoms with van der Waals surface area (Å²) in [5.74, 6) is 0. The molecule has 2 heteroatoms. The van der Waals surface area contributed by atoms with Gasteiger partial charge in [0.25, 0.3) is 0 Å². The van der Waals surface area contributed by atoms with Gasteiger partial charge >= 0.3 is 0 Å². The van der Waals surface area contributed by atoms with E-state index >= 15 is 0 Å². The van der Waals surface area contributed by atoms with Gasteiger partial charge in [-0.25, -0.2) is 0 Å². The molecule has 110 valence electrons. The van der Waals surface area contributed by atoms with Crippen molar-refractivity contribution in [2.75, 3.05) is 6.54 Å². The van der Waals surface area contributed by atoms with Crippen LogP contribution in [0.4, 0.5) is 0 Å². The van der Waals surface area contributed by atoms with Gasteiger partial charge in [0.15, 0.2) is 0 Å². The predicted octanol–water partition coefficient (Wildman–Crippen LogP) is 5.27. The fraction of sp³-hybridized carbons (Fsp3) is 0.765. The van der Waals surface area contributed by atoms with E-state index in [0.29, 0.717) is 5.41 Å². The van der Waals surface area contributed by atoms with Gasteiger partial charge < -0.3 is 5.32 Å². The third-order valence-corrected chi connectivity index (χ3v) is 4.81. The van der Waals surface area contributed by atoms with Gasteiger partial charge in [-0.2, -0.15) is 0 Å². The first kappa shape index (κ1) is 16.7. The fourth-order valence-electron chi connectivity index (χ4n) is 2.45. The monoisotopic (exact) mass is 281 g/mol. The van der Waals surface area contributed by atoms with Crippen LogP contribution in [0.1, 0.15) is 65.2 Å². The Kier molecular flexibility index (Phi) is 6.55. The van der Waals surface area contributed by atoms with Crippen LogP contribution in [-0.4, -0.2) is 12.1 Å². The first-order valence-corrected chi connectivity index (χ1v) is 8.56. The molecule has 1 unspecified atom stereocenters. The molecule has 1 rings (SSSR count). The van der Waals surface area contributed by atoms with Crippen LogP contribution in [-0.2, 0) is 6.42 Å². The molecule has 19 heavy (non-hydrogen) atoms. The molecule has 0 aliphatic heterocycles. The summed E-state index contributed by atoms with van der Waals surface area (Å²) in [4.78, 5) is 1.54. The average molecular weight is 282 g/mol. The van der Waals surface area contributed by atoms with E-state index in [1.54, 1.807) is 0 Å². The van der Waals surface area contributed by atoms with E-state index in [1.165, 1.54) is 37.0 Å². The molecule has 0 saturated heterocycles. The Morgan fingerprint density at radius 1 is 1.21 bits per heavy atom. The van der Waals surface area contributed by atoms with Crippen LogP contribution in [0.25, 0.3) is 0 Å². The van der Waals surface area contributed by atoms with E-state index in [4.69, 9.17) is 0 Å². The summed E-state index contributed by atoms with van der Waals surface area (Å²) in [5.41, 5.74) is 0.635. The van der Waals surface area contributed by atoms with Gasteiger partial charge in [0.1, 0.15) is 0 Å². The Morgan fingerprint density at radius 3 is 2.42 bits per heavy atom. The number of rotatable bonds is 8. The lowest BCUT2D eigenvalue weighted by Crippen LogP contribution is -2.44. The fourth-order valence-corrected chi connectivity index (χ4v) is 3.33. The molecule has 1 atom stereocenters. The van der Waals surface area contributed by atoms with Gasteiger partial charge in [-0.1, -0.05) is 32.8 Å². The van der Waals surface area contributed by atoms with Crippen molar-refractivity contribution in [2.45, 2.75) is 72.3 Å². The lowest BCUT2D eigenvalue weighted by Gasteiger charge is -2.36. The second-order valence-corrected chi connectivity index (χ2v) is 7.85. The summed E-state index contributed by atoms with van der Waals surface area (Å²) >= 11 is 1.90. The van der Waals surface area contributed by atoms with Crippen LogP contribution in [0.15, 0.2) is 17.5 Å². The molecule has 0 bridgehead atoms. The first-order chi connectivity index (χ1) is 8.91. The van der Waals surface area contributed by atoms with Gasteiger partial charge in [-0.15, -0.1) is 11.3 Å². The molecule has 0 aliphatic carbocycles. The van der Waals surface area contributed by atoms with Gasteiger partial charge in [0.05, 0.1) is 0 Å². The van der Waals surface area contributed by atoms with Crippen molar-refractivity contribution in [3.05, 3.63) is 22.4 Å². The standard InChI is InChI=1S/C17H31NS/c1-6-8-11-17(7-2,14-18-16(3,4)5)13-15-10-9-12-19-15/h9-10,12,18H,6-8,11,13-14H2,1-5H3. The molecule has 0 radical (unpaired) electrons. The minimum atomic E-state index is 0.210. The topological polar surface area (TPSA) is 12.0 Å². The molecular weight excluding hydrogens is 250 g/mol. The zero-order valence-electron chi connectivity index (χ0n) is 13.4. The summed E-state index contributed by atoms with van der Waals surface area (Å²) in [5, 5.41) is 5.94. The van der Waals surface area contributed by atoms with Crippen molar-refractivity contribution < 1.29 is 0 Å². The molecule has 1 nitrogen and oxygen atoms in total. The third kappa shape index (κ3) is 6.09. The number of hydrogen-bond acceptors (Lipinski definition) is 2. The van der Waals surface area contributed by atoms with Crippen molar-refractivity contribution in [1.29, 1.82) is 0 Å². The molecule has 1 N–H and O–H groups in total. The zero-order valence-corrected chi connectivity index (χ0v) is 14.2. The van der Waals surface area contributed by atoms with Gasteiger partial charge in [0, 0.05) is 17.0 Å². The number of thiophene rings is 1. The van der Waals surface area contributed by atoms with Crippen molar-refractivity contribution >= 4 is 11.3 Å². The zero-order chi connectivity index (χ0) is 14.4. The Balaban J connectivity index is 2.74. The maximum Gasteiger partial charge on any atom is 0.00967 e. The van der Waals surface area contributed by atoms with Crippen molar-refractivity contribution in [3.8, 4) is 0 Å². The average Bonchev–Trinajstić information content (AvgIpc) is 2.84. The molecule has 0 spiro atoms. The predicted molar refractivity (Wildman–Crippen MR) is 88.0 cm³/mol. The van der Waals surface area contributed by atoms with Gasteiger partial charge in [0.2, 0.25) is 0 Å². The molecule has 1 heterocycles. The number of hydrogen-bond donors (Lipinski definition) is 1. The van der Waals surface area contributed by atoms with Gasteiger partial charge in [-0.05, 0) is 56.9 Å². The second kappa shape index (κ2) is 7.44. The number of nitrogens with one attached hydrogen (secondary N) is 1. The van der Waals surface area contributed by atoms with Crippen LogP contribution in [0.2, 0.25) is 0 Å². The van der Waals surface area contributed by atoms with E-state index in [0.717, 1.165) is 6.54 Å². The maximum atomic E-state index is 3.74. The Bertz CT molecular complexity index is 337. The molecule has 0 aliphatic rings. The first-order valence-electron chi connectivity index (χ1n) is 7.68. The Morgan fingerprint density at radius 2 is 1.95 bits per heavy atom. The molecule has 1 aromatic heterocycles. The lowest BCUT2D eigenvalue weighted by atomic mass is 9.76. The molecule has 0 fully saturated rings. The number of unbranched alkanes of at least 4 members (excludes halogenated alkanes) is 1. The van der Waals surface area contributed by atoms with Crippen LogP contribution >= 0.6 is 11.3 Å². The molecular formula is C17H31NS. The summed E-state index contributed by atoms with van der Waals surface area (Å²) in [6.45, 7) is 12.6. The smallest absolute Gasteiger partial charge is 0.00967 e. The highest BCUT2D eigenvalue weighted by molar-refractivity contribution is 7.09. The van der Waals surface area contributed by atoms with Crippen molar-refractivity contribution in [2.24, 2.45) is 5.41 Å². The van der Waals surface area contributed by atoms with Crippen LogP contribution in [0, 0.1) is 5.41 Å². The minimum Gasteiger partial charge on any atom is -0.312 e. The van der Waals surface area contributed by atoms with Gasteiger partial charge in [-0.3, -0.25) is 0 Å². The molecule has 0 amide bonds. The van der Waals surface area contributed by atoms with E-state index in [2.05, 4.69) is 57.4 Å². The quantitative estimate of drug-likeness (QED) is 0.685. The van der Waals surface area contributed by atoms with E-state index in [9.17, 15) is 0 Å². The lowest BCUT2D eigenvalue weighted by molar-refractivity contribution is 0.207. The Labute approximate surface area is 123 Å².